The van der Waals surface area contributed by atoms with Gasteiger partial charge in [-0.2, -0.15) is 0 Å². The van der Waals surface area contributed by atoms with Crippen molar-refractivity contribution in [1.82, 2.24) is 0 Å². The van der Waals surface area contributed by atoms with Crippen LogP contribution in [0.3, 0.4) is 0 Å². The number of benzene rings is 2. The second kappa shape index (κ2) is 7.12. The number of nitrogen functional groups attached to an aromatic ring is 1. The number of aliphatic carboxylic acids is 1. The summed E-state index contributed by atoms with van der Waals surface area (Å²) in [6.45, 7) is -0.394. The molecule has 0 saturated heterocycles. The van der Waals surface area contributed by atoms with Crippen molar-refractivity contribution in [3.8, 4) is 5.75 Å². The number of hydrogen-bond donors (Lipinski definition) is 3. The highest BCUT2D eigenvalue weighted by molar-refractivity contribution is 5.92. The van der Waals surface area contributed by atoms with Crippen molar-refractivity contribution in [2.75, 3.05) is 17.7 Å². The average molecular weight is 300 g/mol. The number of hydrogen-bond acceptors (Lipinski definition) is 4. The fourth-order valence-corrected chi connectivity index (χ4v) is 1.86. The normalized spacial score (nSPS) is 10.0. The number of nitrogens with two attached hydrogens (primary N) is 1. The molecule has 0 spiro atoms. The Morgan fingerprint density at radius 1 is 1.14 bits per heavy atom. The molecule has 2 rings (SSSR count). The molecule has 0 aromatic heterocycles. The van der Waals surface area contributed by atoms with Crippen LogP contribution in [0.4, 0.5) is 11.4 Å². The van der Waals surface area contributed by atoms with Crippen LogP contribution in [0.2, 0.25) is 0 Å². The van der Waals surface area contributed by atoms with Crippen LogP contribution in [-0.2, 0) is 16.0 Å². The van der Waals surface area contributed by atoms with E-state index in [1.54, 1.807) is 48.5 Å². The van der Waals surface area contributed by atoms with Crippen LogP contribution in [0, 0.1) is 0 Å². The first-order valence-corrected chi connectivity index (χ1v) is 6.62. The van der Waals surface area contributed by atoms with E-state index in [0.717, 1.165) is 5.56 Å². The van der Waals surface area contributed by atoms with E-state index in [1.165, 1.54) is 0 Å². The van der Waals surface area contributed by atoms with Crippen molar-refractivity contribution < 1.29 is 19.4 Å². The van der Waals surface area contributed by atoms with Gasteiger partial charge in [-0.3, -0.25) is 4.79 Å². The molecule has 4 N–H and O–H groups in total. The number of carboxylic acid groups (broad SMARTS) is 1. The summed E-state index contributed by atoms with van der Waals surface area (Å²) in [7, 11) is 0. The Balaban J connectivity index is 1.90. The maximum Gasteiger partial charge on any atom is 0.341 e. The summed E-state index contributed by atoms with van der Waals surface area (Å²) in [4.78, 5) is 22.3. The third-order valence-electron chi connectivity index (χ3n) is 2.82. The van der Waals surface area contributed by atoms with E-state index in [0.29, 0.717) is 17.1 Å². The van der Waals surface area contributed by atoms with E-state index in [9.17, 15) is 9.59 Å². The molecule has 0 heterocycles. The van der Waals surface area contributed by atoms with E-state index < -0.39 is 12.6 Å². The van der Waals surface area contributed by atoms with E-state index in [4.69, 9.17) is 15.6 Å². The Labute approximate surface area is 127 Å². The highest BCUT2D eigenvalue weighted by Gasteiger charge is 2.05. The number of anilines is 2. The summed E-state index contributed by atoms with van der Waals surface area (Å²) in [6.07, 6.45) is 0.202. The van der Waals surface area contributed by atoms with Crippen molar-refractivity contribution in [1.29, 1.82) is 0 Å². The summed E-state index contributed by atoms with van der Waals surface area (Å²) in [5.74, 6) is -0.752. The van der Waals surface area contributed by atoms with Crippen LogP contribution >= 0.6 is 0 Å². The minimum atomic E-state index is -1.04. The summed E-state index contributed by atoms with van der Waals surface area (Å²) >= 11 is 0. The molecule has 2 aromatic carbocycles. The first kappa shape index (κ1) is 15.4. The number of rotatable bonds is 6. The van der Waals surface area contributed by atoms with Gasteiger partial charge in [0.2, 0.25) is 5.91 Å². The maximum absolute atomic E-state index is 11.9. The lowest BCUT2D eigenvalue weighted by Crippen LogP contribution is -2.14. The molecule has 6 heteroatoms. The van der Waals surface area contributed by atoms with Gasteiger partial charge in [0.1, 0.15) is 5.75 Å². The van der Waals surface area contributed by atoms with Gasteiger partial charge in [0.05, 0.1) is 6.42 Å². The van der Waals surface area contributed by atoms with Crippen LogP contribution < -0.4 is 15.8 Å². The Morgan fingerprint density at radius 2 is 1.86 bits per heavy atom. The predicted octanol–water partition coefficient (Wildman–Crippen LogP) is 1.91. The fourth-order valence-electron chi connectivity index (χ4n) is 1.86. The molecule has 0 saturated carbocycles. The third-order valence-corrected chi connectivity index (χ3v) is 2.82. The molecule has 22 heavy (non-hydrogen) atoms. The molecule has 0 aliphatic heterocycles. The van der Waals surface area contributed by atoms with E-state index >= 15 is 0 Å². The van der Waals surface area contributed by atoms with Crippen LogP contribution in [0.25, 0.3) is 0 Å². The third kappa shape index (κ3) is 4.82. The van der Waals surface area contributed by atoms with Crippen LogP contribution in [0.15, 0.2) is 48.5 Å². The van der Waals surface area contributed by atoms with Gasteiger partial charge >= 0.3 is 5.97 Å². The summed E-state index contributed by atoms with van der Waals surface area (Å²) in [5.41, 5.74) is 7.67. The number of carboxylic acids is 1. The van der Waals surface area contributed by atoms with Crippen molar-refractivity contribution in [3.63, 3.8) is 0 Å². The number of ether oxygens (including phenoxy) is 1. The van der Waals surface area contributed by atoms with Gasteiger partial charge in [0, 0.05) is 11.4 Å². The summed E-state index contributed by atoms with van der Waals surface area (Å²) < 4.78 is 5.02. The fraction of sp³-hybridized carbons (Fsp3) is 0.125. The molecule has 0 atom stereocenters. The van der Waals surface area contributed by atoms with Gasteiger partial charge in [-0.1, -0.05) is 18.2 Å². The molecule has 0 fully saturated rings. The smallest absolute Gasteiger partial charge is 0.341 e. The lowest BCUT2D eigenvalue weighted by atomic mass is 10.1. The van der Waals surface area contributed by atoms with Gasteiger partial charge in [-0.25, -0.2) is 4.79 Å². The minimum absolute atomic E-state index is 0.162. The molecule has 6 nitrogen and oxygen atoms in total. The largest absolute Gasteiger partial charge is 0.482 e. The summed E-state index contributed by atoms with van der Waals surface area (Å²) in [5, 5.41) is 11.3. The standard InChI is InChI=1S/C16H16N2O4/c17-12-2-1-3-13(9-12)18-15(19)8-11-4-6-14(7-5-11)22-10-16(20)21/h1-7,9H,8,10,17H2,(H,18,19)(H,20,21). The quantitative estimate of drug-likeness (QED) is 0.707. The highest BCUT2D eigenvalue weighted by Crippen LogP contribution is 2.15. The Hall–Kier alpha value is -3.02. The number of amides is 1. The zero-order chi connectivity index (χ0) is 15.9. The van der Waals surface area contributed by atoms with Gasteiger partial charge in [0.15, 0.2) is 6.61 Å². The average Bonchev–Trinajstić information content (AvgIpc) is 2.46. The molecule has 0 aliphatic rings. The first-order valence-electron chi connectivity index (χ1n) is 6.62. The molecular formula is C16H16N2O4. The van der Waals surface area contributed by atoms with Crippen molar-refractivity contribution in [3.05, 3.63) is 54.1 Å². The monoisotopic (exact) mass is 300 g/mol. The molecule has 1 amide bonds. The number of nitrogens with one attached hydrogen (secondary N) is 1. The zero-order valence-corrected chi connectivity index (χ0v) is 11.8. The van der Waals surface area contributed by atoms with Crippen molar-refractivity contribution in [2.24, 2.45) is 0 Å². The van der Waals surface area contributed by atoms with E-state index in [-0.39, 0.29) is 12.3 Å². The zero-order valence-electron chi connectivity index (χ0n) is 11.8. The number of carbonyl (C=O) groups excluding carboxylic acids is 1. The topological polar surface area (TPSA) is 102 Å². The van der Waals surface area contributed by atoms with Gasteiger partial charge < -0.3 is 20.9 Å². The van der Waals surface area contributed by atoms with Gasteiger partial charge in [0.25, 0.3) is 0 Å². The Bertz CT molecular complexity index is 668. The summed E-state index contributed by atoms with van der Waals surface area (Å²) in [6, 6.07) is 13.6. The van der Waals surface area contributed by atoms with Gasteiger partial charge in [-0.15, -0.1) is 0 Å². The van der Waals surface area contributed by atoms with Crippen LogP contribution in [0.5, 0.6) is 5.75 Å². The predicted molar refractivity (Wildman–Crippen MR) is 82.8 cm³/mol. The van der Waals surface area contributed by atoms with E-state index in [2.05, 4.69) is 5.32 Å². The highest BCUT2D eigenvalue weighted by atomic mass is 16.5. The Morgan fingerprint density at radius 3 is 2.50 bits per heavy atom. The molecule has 114 valence electrons. The van der Waals surface area contributed by atoms with E-state index in [1.807, 2.05) is 0 Å². The molecule has 0 bridgehead atoms. The molecule has 0 radical (unpaired) electrons. The lowest BCUT2D eigenvalue weighted by Gasteiger charge is -2.07. The molecule has 2 aromatic rings. The first-order chi connectivity index (χ1) is 10.5. The second-order valence-electron chi connectivity index (χ2n) is 4.68. The second-order valence-corrected chi connectivity index (χ2v) is 4.68. The SMILES string of the molecule is Nc1cccc(NC(=O)Cc2ccc(OCC(=O)O)cc2)c1. The molecule has 0 unspecified atom stereocenters. The van der Waals surface area contributed by atoms with Crippen molar-refractivity contribution in [2.45, 2.75) is 6.42 Å². The molecule has 0 aliphatic carbocycles. The van der Waals surface area contributed by atoms with Gasteiger partial charge in [-0.05, 0) is 35.9 Å². The van der Waals surface area contributed by atoms with Crippen molar-refractivity contribution >= 4 is 23.3 Å². The Kier molecular flexibility index (Phi) is 4.98. The lowest BCUT2D eigenvalue weighted by molar-refractivity contribution is -0.139. The maximum atomic E-state index is 11.9. The van der Waals surface area contributed by atoms with Crippen LogP contribution in [-0.4, -0.2) is 23.6 Å². The number of carbonyl (C=O) groups is 2. The molecular weight excluding hydrogens is 284 g/mol. The minimum Gasteiger partial charge on any atom is -0.482 e. The van der Waals surface area contributed by atoms with Crippen LogP contribution in [0.1, 0.15) is 5.56 Å².